The highest BCUT2D eigenvalue weighted by Gasteiger charge is 2.39. The zero-order valence-corrected chi connectivity index (χ0v) is 61.5. The molecule has 3 heterocycles. The van der Waals surface area contributed by atoms with E-state index in [9.17, 15) is 32.7 Å². The number of hydrogen-bond acceptors (Lipinski definition) is 8. The smallest absolute Gasteiger partial charge is 0.475 e. The number of carbonyl (C=O) groups excluding carboxylic acids is 3. The van der Waals surface area contributed by atoms with Crippen LogP contribution in [-0.2, 0) is 71.9 Å². The third-order valence-electron chi connectivity index (χ3n) is 20.8. The van der Waals surface area contributed by atoms with Crippen molar-refractivity contribution in [2.45, 2.75) is 305 Å². The highest BCUT2D eigenvalue weighted by atomic mass is 35.5. The van der Waals surface area contributed by atoms with Crippen molar-refractivity contribution < 1.29 is 56.8 Å². The fourth-order valence-corrected chi connectivity index (χ4v) is 14.5. The van der Waals surface area contributed by atoms with Gasteiger partial charge in [0.05, 0.1) is 23.5 Å². The van der Waals surface area contributed by atoms with Crippen LogP contribution in [0.3, 0.4) is 0 Å². The zero-order valence-electron chi connectivity index (χ0n) is 60.0. The molecule has 3 aliphatic carbocycles. The Balaban J connectivity index is 0.000000317. The predicted octanol–water partition coefficient (Wildman–Crippen LogP) is 21.6. The number of cyclic esters (lactones) is 1. The van der Waals surface area contributed by atoms with Gasteiger partial charge in [0.2, 0.25) is 0 Å². The molecule has 0 bridgehead atoms. The van der Waals surface area contributed by atoms with Crippen LogP contribution >= 0.6 is 23.2 Å². The van der Waals surface area contributed by atoms with Crippen molar-refractivity contribution in [1.82, 2.24) is 0 Å². The van der Waals surface area contributed by atoms with Crippen LogP contribution in [0.5, 0.6) is 0 Å². The molecule has 9 rings (SSSR count). The summed E-state index contributed by atoms with van der Waals surface area (Å²) in [4.78, 5) is 44.2. The molecule has 2 N–H and O–H groups in total. The van der Waals surface area contributed by atoms with Crippen molar-refractivity contribution in [2.24, 2.45) is 47.3 Å². The lowest BCUT2D eigenvalue weighted by Crippen LogP contribution is -2.37. The molecule has 0 amide bonds. The van der Waals surface area contributed by atoms with Gasteiger partial charge < -0.3 is 29.2 Å². The average Bonchev–Trinajstić information content (AvgIpc) is 0.944. The number of aryl methyl sites for hydroxylation is 6. The number of carboxylic acid groups (broad SMARTS) is 1. The van der Waals surface area contributed by atoms with Gasteiger partial charge >= 0.3 is 18.1 Å². The lowest BCUT2D eigenvalue weighted by Gasteiger charge is -2.38. The van der Waals surface area contributed by atoms with E-state index in [0.29, 0.717) is 24.4 Å². The summed E-state index contributed by atoms with van der Waals surface area (Å²) >= 11 is 9.53. The molecule has 540 valence electrons. The van der Waals surface area contributed by atoms with E-state index in [1.165, 1.54) is 168 Å². The second-order valence-electron chi connectivity index (χ2n) is 28.0. The minimum atomic E-state index is -5.08. The summed E-state index contributed by atoms with van der Waals surface area (Å²) in [5, 5.41) is 18.0. The summed E-state index contributed by atoms with van der Waals surface area (Å²) in [6, 6.07) is 26.3. The van der Waals surface area contributed by atoms with Gasteiger partial charge in [0.25, 0.3) is 0 Å². The van der Waals surface area contributed by atoms with E-state index in [4.69, 9.17) is 47.3 Å². The second kappa shape index (κ2) is 50.5. The molecule has 0 aromatic heterocycles. The molecule has 3 saturated carbocycles. The third kappa shape index (κ3) is 36.7. The van der Waals surface area contributed by atoms with Crippen LogP contribution in [0, 0.1) is 47.3 Å². The van der Waals surface area contributed by atoms with Gasteiger partial charge in [-0.1, -0.05) is 191 Å². The fraction of sp³-hybridized carbons (Fsp3) is 0.728. The van der Waals surface area contributed by atoms with E-state index in [-0.39, 0.29) is 46.9 Å². The van der Waals surface area contributed by atoms with Crippen LogP contribution in [0.2, 0.25) is 0 Å². The number of aliphatic hydroxyl groups excluding tert-OH is 1. The van der Waals surface area contributed by atoms with Crippen LogP contribution in [0.25, 0.3) is 0 Å². The van der Waals surface area contributed by atoms with Crippen LogP contribution in [0.1, 0.15) is 275 Å². The van der Waals surface area contributed by atoms with Crippen molar-refractivity contribution in [2.75, 3.05) is 25.2 Å². The van der Waals surface area contributed by atoms with Gasteiger partial charge in [-0.3, -0.25) is 9.59 Å². The number of carboxylic acids is 1. The minimum Gasteiger partial charge on any atom is -0.475 e. The van der Waals surface area contributed by atoms with E-state index in [1.54, 1.807) is 13.8 Å². The zero-order chi connectivity index (χ0) is 69.8. The first-order chi connectivity index (χ1) is 45.7. The fourth-order valence-electron chi connectivity index (χ4n) is 14.5. The van der Waals surface area contributed by atoms with Gasteiger partial charge in [0.15, 0.2) is 0 Å². The van der Waals surface area contributed by atoms with Crippen LogP contribution in [-0.4, -0.2) is 83.4 Å². The Hall–Kier alpha value is -3.81. The molecule has 5 unspecified atom stereocenters. The highest BCUT2D eigenvalue weighted by molar-refractivity contribution is 6.40. The quantitative estimate of drug-likeness (QED) is 0.0595. The Labute approximate surface area is 583 Å². The second-order valence-corrected chi connectivity index (χ2v) is 28.8. The number of aliphatic hydroxyl groups is 1. The van der Waals surface area contributed by atoms with Crippen LogP contribution in [0.4, 0.5) is 13.2 Å². The van der Waals surface area contributed by atoms with Gasteiger partial charge in [-0.2, -0.15) is 13.2 Å². The lowest BCUT2D eigenvalue weighted by molar-refractivity contribution is -0.192. The maximum Gasteiger partial charge on any atom is 0.490 e. The van der Waals surface area contributed by atoms with E-state index >= 15 is 0 Å². The number of hydrogen-bond donors (Lipinski definition) is 2. The van der Waals surface area contributed by atoms with Gasteiger partial charge in [-0.25, -0.2) is 4.79 Å². The number of ketones is 2. The molecule has 0 spiro atoms. The first kappa shape index (κ1) is 85.4. The van der Waals surface area contributed by atoms with Crippen molar-refractivity contribution in [3.8, 4) is 0 Å². The van der Waals surface area contributed by atoms with Gasteiger partial charge in [-0.15, -0.1) is 23.2 Å². The Kier molecular flexibility index (Phi) is 45.4. The highest BCUT2D eigenvalue weighted by Crippen LogP contribution is 2.40. The van der Waals surface area contributed by atoms with E-state index < -0.39 is 12.1 Å². The molecular weight excluding hydrogens is 1240 g/mol. The third-order valence-corrected chi connectivity index (χ3v) is 20.8. The minimum absolute atomic E-state index is 0.0714. The van der Waals surface area contributed by atoms with Gasteiger partial charge in [-0.05, 0) is 224 Å². The average molecular weight is 1370 g/mol. The number of esters is 1. The predicted molar refractivity (Wildman–Crippen MR) is 385 cm³/mol. The largest absolute Gasteiger partial charge is 0.490 e. The van der Waals surface area contributed by atoms with Crippen molar-refractivity contribution in [3.05, 3.63) is 106 Å². The molecule has 3 aromatic carbocycles. The Morgan fingerprint density at radius 3 is 1.27 bits per heavy atom. The first-order valence-electron chi connectivity index (χ1n) is 37.4. The molecule has 6 fully saturated rings. The molecule has 3 saturated heterocycles. The maximum atomic E-state index is 12.5. The molecule has 3 aromatic rings. The number of aliphatic carboxylic acids is 1. The van der Waals surface area contributed by atoms with E-state index in [1.807, 2.05) is 0 Å². The van der Waals surface area contributed by atoms with Crippen LogP contribution in [0.15, 0.2) is 72.8 Å². The summed E-state index contributed by atoms with van der Waals surface area (Å²) in [6.45, 7) is 19.8. The van der Waals surface area contributed by atoms with Gasteiger partial charge in [0.1, 0.15) is 17.7 Å². The summed E-state index contributed by atoms with van der Waals surface area (Å²) in [7, 11) is 0. The van der Waals surface area contributed by atoms with E-state index in [2.05, 4.69) is 114 Å². The number of Topliss-reactive ketones (excluding diaryl/α,β-unsaturated/α-hetero) is 2. The van der Waals surface area contributed by atoms with Crippen LogP contribution < -0.4 is 0 Å². The van der Waals surface area contributed by atoms with Crippen molar-refractivity contribution >= 4 is 46.7 Å². The molecule has 14 heteroatoms. The topological polar surface area (TPSA) is 136 Å². The Morgan fingerprint density at radius 1 is 0.526 bits per heavy atom. The summed E-state index contributed by atoms with van der Waals surface area (Å²) in [5.74, 6) is 2.90. The number of rotatable bonds is 26. The lowest BCUT2D eigenvalue weighted by atomic mass is 9.75. The normalized spacial score (nSPS) is 23.6. The molecule has 0 radical (unpaired) electrons. The number of benzene rings is 3. The number of alkyl halides is 5. The van der Waals surface area contributed by atoms with Crippen molar-refractivity contribution in [3.63, 3.8) is 0 Å². The molecular formula is C81H127Cl2F3O9. The Bertz CT molecular complexity index is 2430. The molecule has 6 aliphatic rings. The van der Waals surface area contributed by atoms with Gasteiger partial charge in [0, 0.05) is 32.2 Å². The van der Waals surface area contributed by atoms with E-state index in [0.717, 1.165) is 127 Å². The monoisotopic (exact) mass is 1370 g/mol. The summed E-state index contributed by atoms with van der Waals surface area (Å²) < 4.78 is 48.2. The Morgan fingerprint density at radius 2 is 0.926 bits per heavy atom. The molecule has 9 nitrogen and oxygen atoms in total. The number of ether oxygens (including phenoxy) is 3. The number of halogens is 5. The SMILES string of the molecule is C1CCOC1.CCCC1CCC(C(O)CCC(CCc2ccc(CC)cc2)C(C)=O)CC1.CCCC1CCC(C2CCC(CCc3ccc(CC)cc3)C(=O)O2)CC1.CCCC1CCC(C2CCO2)CC1.CCc1ccc(CCCC(C)=O)cc1.ClCCl.O=C(O)C(F)(F)F. The first-order valence-corrected chi connectivity index (χ1v) is 38.5. The summed E-state index contributed by atoms with van der Waals surface area (Å²) in [5.41, 5.74) is 8.10. The summed E-state index contributed by atoms with van der Waals surface area (Å²) in [6.07, 6.45) is 36.9. The number of carbonyl (C=O) groups is 4. The van der Waals surface area contributed by atoms with Crippen molar-refractivity contribution in [1.29, 1.82) is 0 Å². The molecule has 5 atom stereocenters. The molecule has 95 heavy (non-hydrogen) atoms. The maximum absolute atomic E-state index is 12.5. The standard InChI is InChI=1S/C25H40O2.C24H36O2.C13H18O.C12H22O.C4H8O.C2HF3O2.CH2Cl2/c1-4-6-21-12-15-24(16-13-21)25(27)18-17-23(19(3)26)14-11-22-9-7-20(5-2)8-10-22;1-3-5-19-10-13-21(14-11-19)23-17-16-22(24(25)26-23)15-12-20-8-6-18(4-2)7-9-20;1-3-12-7-9-13(10-8-12)6-4-5-11(2)14;1-2-3-10-4-6-11(7-5-10)12-8-9-13-12;1-2-4-5-3-1;3-2(4,5)1(6)7;2-1-3/h7-10,21,23-25,27H,4-6,11-18H2,1-3H3;6-9,19,21-23H,3-5,10-17H2,1-2H3;7-10H,3-6H2,1-2H3;10-12H,2-9H2,1H3;1-4H2;(H,6,7);1H2. The molecule has 3 aliphatic heterocycles.